The molecule has 11 heteroatoms. The number of nitrogens with one attached hydrogen (secondary N) is 1. The maximum Gasteiger partial charge on any atom is 0.328 e. The molecule has 0 spiro atoms. The van der Waals surface area contributed by atoms with Crippen molar-refractivity contribution in [3.63, 3.8) is 0 Å². The van der Waals surface area contributed by atoms with Crippen LogP contribution in [-0.2, 0) is 22.5 Å². The lowest BCUT2D eigenvalue weighted by atomic mass is 10.1. The Kier molecular flexibility index (Phi) is 8.42. The Hall–Kier alpha value is -4.53. The lowest BCUT2D eigenvalue weighted by molar-refractivity contribution is -0.142. The maximum absolute atomic E-state index is 13.9. The molecule has 0 radical (unpaired) electrons. The number of nitrogens with two attached hydrogens (primary N) is 1. The molecule has 5 rings (SSSR count). The summed E-state index contributed by atoms with van der Waals surface area (Å²) in [5, 5.41) is 14.0. The predicted molar refractivity (Wildman–Crippen MR) is 157 cm³/mol. The molecule has 2 aromatic heterocycles. The molecule has 0 aliphatic carbocycles. The van der Waals surface area contributed by atoms with E-state index in [1.54, 1.807) is 22.1 Å². The van der Waals surface area contributed by atoms with Gasteiger partial charge in [0.2, 0.25) is 5.95 Å². The summed E-state index contributed by atoms with van der Waals surface area (Å²) >= 11 is 1.12. The number of amides is 1. The first-order valence-corrected chi connectivity index (χ1v) is 14.2. The van der Waals surface area contributed by atoms with E-state index in [9.17, 15) is 19.6 Å². The van der Waals surface area contributed by atoms with E-state index in [1.807, 2.05) is 47.4 Å². The minimum Gasteiger partial charge on any atom is -0.467 e. The van der Waals surface area contributed by atoms with Crippen molar-refractivity contribution < 1.29 is 14.3 Å². The molecule has 1 aliphatic heterocycles. The fraction of sp³-hybridized carbons (Fsp3) is 0.300. The number of nitriles is 1. The van der Waals surface area contributed by atoms with Crippen molar-refractivity contribution in [1.82, 2.24) is 14.9 Å². The first kappa shape index (κ1) is 28.0. The van der Waals surface area contributed by atoms with E-state index in [0.717, 1.165) is 29.7 Å². The summed E-state index contributed by atoms with van der Waals surface area (Å²) in [7, 11) is 1.27. The zero-order valence-corrected chi connectivity index (χ0v) is 23.4. The number of methoxy groups -OCH3 is 1. The minimum atomic E-state index is -0.924. The number of fused-ring (bicyclic) bond motifs is 1. The van der Waals surface area contributed by atoms with Crippen molar-refractivity contribution in [1.29, 1.82) is 5.26 Å². The molecule has 0 bridgehead atoms. The van der Waals surface area contributed by atoms with Crippen LogP contribution in [0.4, 0.5) is 5.95 Å². The number of piperidine rings is 1. The van der Waals surface area contributed by atoms with Gasteiger partial charge in [-0.05, 0) is 30.0 Å². The topological polar surface area (TPSA) is 143 Å². The highest BCUT2D eigenvalue weighted by Crippen LogP contribution is 2.27. The standard InChI is InChI=1S/C30H30N6O4S/c1-40-29(39)24(14-19-8-3-2-4-9-19)33-27(37)23-18-41-26-25(23)34-30(35-13-7-12-22(32)17-35)36(28(26)38)16-21-11-6-5-10-20(21)15-31/h2-6,8-11,18,22,24H,7,12-14,16-17,32H2,1H3,(H,33,37)/t22-,24?/m1/s1. The smallest absolute Gasteiger partial charge is 0.328 e. The quantitative estimate of drug-likeness (QED) is 0.308. The summed E-state index contributed by atoms with van der Waals surface area (Å²) in [6.07, 6.45) is 1.95. The molecule has 1 fully saturated rings. The van der Waals surface area contributed by atoms with Crippen LogP contribution in [0.25, 0.3) is 10.2 Å². The monoisotopic (exact) mass is 570 g/mol. The van der Waals surface area contributed by atoms with Gasteiger partial charge in [0.15, 0.2) is 0 Å². The average molecular weight is 571 g/mol. The molecule has 3 heterocycles. The number of esters is 1. The van der Waals surface area contributed by atoms with E-state index in [4.69, 9.17) is 15.5 Å². The van der Waals surface area contributed by atoms with Crippen LogP contribution in [0.1, 0.15) is 39.9 Å². The number of thiophene rings is 1. The highest BCUT2D eigenvalue weighted by atomic mass is 32.1. The van der Waals surface area contributed by atoms with Crippen LogP contribution < -0.4 is 21.5 Å². The molecule has 41 heavy (non-hydrogen) atoms. The number of aromatic nitrogens is 2. The molecule has 210 valence electrons. The van der Waals surface area contributed by atoms with E-state index < -0.39 is 17.9 Å². The third-order valence-corrected chi connectivity index (χ3v) is 8.14. The first-order chi connectivity index (χ1) is 19.9. The van der Waals surface area contributed by atoms with Crippen LogP contribution in [-0.4, -0.2) is 53.7 Å². The second-order valence-corrected chi connectivity index (χ2v) is 10.9. The van der Waals surface area contributed by atoms with Gasteiger partial charge in [-0.3, -0.25) is 14.2 Å². The second kappa shape index (κ2) is 12.3. The number of anilines is 1. The summed E-state index contributed by atoms with van der Waals surface area (Å²) in [4.78, 5) is 46.8. The van der Waals surface area contributed by atoms with E-state index >= 15 is 0 Å². The normalized spacial score (nSPS) is 15.7. The highest BCUT2D eigenvalue weighted by molar-refractivity contribution is 7.17. The van der Waals surface area contributed by atoms with Crippen molar-refractivity contribution >= 4 is 39.4 Å². The fourth-order valence-electron chi connectivity index (χ4n) is 5.08. The average Bonchev–Trinajstić information content (AvgIpc) is 3.43. The molecule has 1 amide bonds. The molecule has 2 atom stereocenters. The number of nitrogens with zero attached hydrogens (tertiary/aromatic N) is 4. The Bertz CT molecular complexity index is 1680. The summed E-state index contributed by atoms with van der Waals surface area (Å²) in [6, 6.07) is 17.6. The minimum absolute atomic E-state index is 0.0831. The van der Waals surface area contributed by atoms with Gasteiger partial charge in [0.05, 0.1) is 30.9 Å². The zero-order chi connectivity index (χ0) is 28.9. The summed E-state index contributed by atoms with van der Waals surface area (Å²) in [5.74, 6) is -0.703. The molecule has 1 aliphatic rings. The number of ether oxygens (including phenoxy) is 1. The Morgan fingerprint density at radius 3 is 2.71 bits per heavy atom. The van der Waals surface area contributed by atoms with Gasteiger partial charge in [0.1, 0.15) is 16.3 Å². The highest BCUT2D eigenvalue weighted by Gasteiger charge is 2.28. The lowest BCUT2D eigenvalue weighted by Crippen LogP contribution is -2.45. The van der Waals surface area contributed by atoms with Crippen molar-refractivity contribution in [2.45, 2.75) is 37.9 Å². The Labute approximate surface area is 241 Å². The van der Waals surface area contributed by atoms with Crippen LogP contribution >= 0.6 is 11.3 Å². The lowest BCUT2D eigenvalue weighted by Gasteiger charge is -2.33. The number of carbonyl (C=O) groups excluding carboxylic acids is 2. The van der Waals surface area contributed by atoms with Crippen molar-refractivity contribution in [3.8, 4) is 6.07 Å². The molecule has 0 saturated carbocycles. The molecule has 3 N–H and O–H groups in total. The van der Waals surface area contributed by atoms with Crippen molar-refractivity contribution in [2.24, 2.45) is 5.73 Å². The molecule has 1 unspecified atom stereocenters. The molecule has 2 aromatic carbocycles. The van der Waals surface area contributed by atoms with Gasteiger partial charge in [-0.1, -0.05) is 48.5 Å². The summed E-state index contributed by atoms with van der Waals surface area (Å²) < 4.78 is 6.82. The summed E-state index contributed by atoms with van der Waals surface area (Å²) in [5.41, 5.74) is 8.46. The number of hydrogen-bond donors (Lipinski definition) is 2. The van der Waals surface area contributed by atoms with E-state index in [0.29, 0.717) is 34.9 Å². The van der Waals surface area contributed by atoms with Crippen molar-refractivity contribution in [3.05, 3.63) is 92.6 Å². The zero-order valence-electron chi connectivity index (χ0n) is 22.6. The Morgan fingerprint density at radius 2 is 1.98 bits per heavy atom. The van der Waals surface area contributed by atoms with Crippen LogP contribution in [0.3, 0.4) is 0 Å². The van der Waals surface area contributed by atoms with Gasteiger partial charge in [-0.15, -0.1) is 11.3 Å². The van der Waals surface area contributed by atoms with Crippen LogP contribution in [0, 0.1) is 11.3 Å². The van der Waals surface area contributed by atoms with Crippen LogP contribution in [0.15, 0.2) is 64.8 Å². The molecule has 10 nitrogen and oxygen atoms in total. The van der Waals surface area contributed by atoms with Gasteiger partial charge in [-0.25, -0.2) is 9.78 Å². The fourth-order valence-corrected chi connectivity index (χ4v) is 6.02. The third kappa shape index (κ3) is 5.99. The largest absolute Gasteiger partial charge is 0.467 e. The predicted octanol–water partition coefficient (Wildman–Crippen LogP) is 2.82. The number of carbonyl (C=O) groups is 2. The Balaban J connectivity index is 1.55. The van der Waals surface area contributed by atoms with Gasteiger partial charge in [-0.2, -0.15) is 5.26 Å². The van der Waals surface area contributed by atoms with Crippen LogP contribution in [0.5, 0.6) is 0 Å². The molecular formula is C30H30N6O4S. The van der Waals surface area contributed by atoms with E-state index in [1.165, 1.54) is 7.11 Å². The number of benzene rings is 2. The maximum atomic E-state index is 13.9. The second-order valence-electron chi connectivity index (χ2n) is 9.99. The Morgan fingerprint density at radius 1 is 1.22 bits per heavy atom. The van der Waals surface area contributed by atoms with Gasteiger partial charge < -0.3 is 20.7 Å². The summed E-state index contributed by atoms with van der Waals surface area (Å²) in [6.45, 7) is 1.30. The van der Waals surface area contributed by atoms with Gasteiger partial charge in [0, 0.05) is 30.9 Å². The van der Waals surface area contributed by atoms with Gasteiger partial charge in [0.25, 0.3) is 11.5 Å². The first-order valence-electron chi connectivity index (χ1n) is 13.3. The third-order valence-electron chi connectivity index (χ3n) is 7.18. The van der Waals surface area contributed by atoms with Crippen molar-refractivity contribution in [2.75, 3.05) is 25.1 Å². The molecule has 1 saturated heterocycles. The number of rotatable bonds is 8. The van der Waals surface area contributed by atoms with Crippen LogP contribution in [0.2, 0.25) is 0 Å². The SMILES string of the molecule is COC(=O)C(Cc1ccccc1)NC(=O)c1csc2c(=O)n(Cc3ccccc3C#N)c(N3CCC[C@@H](N)C3)nc12. The van der Waals surface area contributed by atoms with E-state index in [-0.39, 0.29) is 35.6 Å². The van der Waals surface area contributed by atoms with E-state index in [2.05, 4.69) is 11.4 Å². The van der Waals surface area contributed by atoms with Gasteiger partial charge >= 0.3 is 5.97 Å². The number of hydrogen-bond acceptors (Lipinski definition) is 9. The molecule has 4 aromatic rings. The molecular weight excluding hydrogens is 540 g/mol.